The molecule has 0 spiro atoms. The van der Waals surface area contributed by atoms with Gasteiger partial charge in [-0.25, -0.2) is 28.1 Å². The van der Waals surface area contributed by atoms with Gasteiger partial charge in [0.05, 0.1) is 30.7 Å². The first kappa shape index (κ1) is 26.6. The van der Waals surface area contributed by atoms with Crippen molar-refractivity contribution in [1.29, 1.82) is 0 Å². The molecule has 0 radical (unpaired) electrons. The molecule has 2 atom stereocenters. The number of hydrogen-bond donors (Lipinski definition) is 1. The molecular weight excluding hydrogens is 527 g/mol. The fraction of sp³-hybridized carbons (Fsp3) is 0.500. The van der Waals surface area contributed by atoms with Gasteiger partial charge in [0.15, 0.2) is 5.65 Å². The summed E-state index contributed by atoms with van der Waals surface area (Å²) in [5.41, 5.74) is 3.47. The molecule has 0 aliphatic carbocycles. The van der Waals surface area contributed by atoms with Crippen molar-refractivity contribution in [3.05, 3.63) is 41.6 Å². The molecule has 3 aromatic heterocycles. The van der Waals surface area contributed by atoms with Crippen LogP contribution >= 0.6 is 0 Å². The van der Waals surface area contributed by atoms with E-state index in [0.29, 0.717) is 48.2 Å². The van der Waals surface area contributed by atoms with Crippen LogP contribution in [0.3, 0.4) is 0 Å². The summed E-state index contributed by atoms with van der Waals surface area (Å²) < 4.78 is 49.3. The Morgan fingerprint density at radius 1 is 1.10 bits per heavy atom. The summed E-state index contributed by atoms with van der Waals surface area (Å²) in [4.78, 5) is 34.6. The largest absolute Gasteiger partial charge is 0.369 e. The first-order chi connectivity index (χ1) is 19.4. The van der Waals surface area contributed by atoms with Gasteiger partial charge >= 0.3 is 0 Å². The molecule has 0 saturated carbocycles. The zero-order chi connectivity index (χ0) is 28.0. The molecule has 0 bridgehead atoms. The molecule has 2 unspecified atom stereocenters. The molecule has 2 saturated heterocycles. The first-order valence-corrected chi connectivity index (χ1v) is 13.3. The highest BCUT2D eigenvalue weighted by Gasteiger charge is 2.34. The Bertz CT molecular complexity index is 1550. The highest BCUT2D eigenvalue weighted by atomic mass is 19.3. The van der Waals surface area contributed by atoms with Gasteiger partial charge in [-0.3, -0.25) is 14.3 Å². The van der Waals surface area contributed by atoms with E-state index in [1.807, 2.05) is 47.4 Å². The normalized spacial score (nSPS) is 19.8. The maximum atomic E-state index is 13.8. The Morgan fingerprint density at radius 2 is 1.93 bits per heavy atom. The van der Waals surface area contributed by atoms with E-state index >= 15 is 0 Å². The molecule has 11 nitrogen and oxygen atoms in total. The highest BCUT2D eigenvalue weighted by molar-refractivity contribution is 5.81. The molecule has 2 aliphatic rings. The SMILES string of the molecule is CCc1nc2ccccc2n1-c1nc(C2CNCCO2)c2nc(CN3CCN(C(F)C(F)F)CC3=O)n(C)c2n1. The van der Waals surface area contributed by atoms with Gasteiger partial charge in [0.2, 0.25) is 18.2 Å². The summed E-state index contributed by atoms with van der Waals surface area (Å²) in [7, 11) is 1.81. The number of ether oxygens (including phenoxy) is 1. The molecule has 2 fully saturated rings. The summed E-state index contributed by atoms with van der Waals surface area (Å²) in [6.45, 7) is 3.65. The zero-order valence-electron chi connectivity index (χ0n) is 22.2. The molecule has 6 rings (SSSR count). The first-order valence-electron chi connectivity index (χ1n) is 13.3. The Morgan fingerprint density at radius 3 is 2.65 bits per heavy atom. The molecular formula is C26H30F3N9O2. The summed E-state index contributed by atoms with van der Waals surface area (Å²) in [6, 6.07) is 7.80. The lowest BCUT2D eigenvalue weighted by atomic mass is 10.2. The Kier molecular flexibility index (Phi) is 7.15. The van der Waals surface area contributed by atoms with E-state index in [4.69, 9.17) is 24.7 Å². The number of piperazine rings is 1. The lowest BCUT2D eigenvalue weighted by Gasteiger charge is -2.35. The predicted octanol–water partition coefficient (Wildman–Crippen LogP) is 2.13. The smallest absolute Gasteiger partial charge is 0.282 e. The van der Waals surface area contributed by atoms with Gasteiger partial charge in [0, 0.05) is 39.6 Å². The van der Waals surface area contributed by atoms with E-state index in [2.05, 4.69) is 5.32 Å². The second-order valence-corrected chi connectivity index (χ2v) is 9.93. The number of benzene rings is 1. The van der Waals surface area contributed by atoms with Crippen molar-refractivity contribution in [1.82, 2.24) is 44.2 Å². The number of amides is 1. The minimum atomic E-state index is -3.16. The molecule has 2 aliphatic heterocycles. The Hall–Kier alpha value is -3.62. The lowest BCUT2D eigenvalue weighted by molar-refractivity contribution is -0.143. The highest BCUT2D eigenvalue weighted by Crippen LogP contribution is 2.29. The summed E-state index contributed by atoms with van der Waals surface area (Å²) in [6.07, 6.45) is -5.32. The Balaban J connectivity index is 1.41. The number of halogens is 3. The number of carbonyl (C=O) groups is 1. The number of fused-ring (bicyclic) bond motifs is 2. The molecule has 40 heavy (non-hydrogen) atoms. The third kappa shape index (κ3) is 4.69. The van der Waals surface area contributed by atoms with Crippen molar-refractivity contribution in [2.75, 3.05) is 39.3 Å². The second-order valence-electron chi connectivity index (χ2n) is 9.93. The number of nitrogens with one attached hydrogen (secondary N) is 1. The summed E-state index contributed by atoms with van der Waals surface area (Å²) >= 11 is 0. The van der Waals surface area contributed by atoms with E-state index < -0.39 is 25.2 Å². The van der Waals surface area contributed by atoms with E-state index in [9.17, 15) is 18.0 Å². The number of para-hydroxylation sites is 2. The minimum absolute atomic E-state index is 0.00543. The zero-order valence-corrected chi connectivity index (χ0v) is 22.2. The van der Waals surface area contributed by atoms with Crippen molar-refractivity contribution >= 4 is 28.1 Å². The third-order valence-corrected chi connectivity index (χ3v) is 7.44. The fourth-order valence-corrected chi connectivity index (χ4v) is 5.29. The lowest BCUT2D eigenvalue weighted by Crippen LogP contribution is -2.53. The van der Waals surface area contributed by atoms with Gasteiger partial charge in [0.1, 0.15) is 29.0 Å². The third-order valence-electron chi connectivity index (χ3n) is 7.44. The fourth-order valence-electron chi connectivity index (χ4n) is 5.29. The quantitative estimate of drug-likeness (QED) is 0.345. The number of alkyl halides is 3. The monoisotopic (exact) mass is 557 g/mol. The summed E-state index contributed by atoms with van der Waals surface area (Å²) in [5.74, 6) is 1.37. The number of aromatic nitrogens is 6. The number of carbonyl (C=O) groups excluding carboxylic acids is 1. The molecule has 1 amide bonds. The van der Waals surface area contributed by atoms with Crippen LogP contribution < -0.4 is 5.32 Å². The van der Waals surface area contributed by atoms with Crippen molar-refractivity contribution in [2.24, 2.45) is 7.05 Å². The van der Waals surface area contributed by atoms with Crippen molar-refractivity contribution < 1.29 is 22.7 Å². The second kappa shape index (κ2) is 10.7. The number of rotatable bonds is 7. The van der Waals surface area contributed by atoms with Gasteiger partial charge in [0.25, 0.3) is 6.43 Å². The molecule has 5 heterocycles. The van der Waals surface area contributed by atoms with E-state index in [1.165, 1.54) is 4.90 Å². The van der Waals surface area contributed by atoms with Crippen LogP contribution in [-0.2, 0) is 29.5 Å². The molecule has 212 valence electrons. The van der Waals surface area contributed by atoms with Crippen LogP contribution in [0.1, 0.15) is 30.4 Å². The van der Waals surface area contributed by atoms with Crippen molar-refractivity contribution in [2.45, 2.75) is 38.7 Å². The summed E-state index contributed by atoms with van der Waals surface area (Å²) in [5, 5.41) is 3.34. The molecule has 1 aromatic carbocycles. The standard InChI is InChI=1S/C26H30F3N9O2/c1-3-18-31-15-6-4-5-7-16(15)38(18)26-33-21(17-12-30-8-11-40-17)22-25(34-26)35(2)19(32-22)13-36-9-10-37(14-20(36)39)24(29)23(27)28/h4-7,17,23-24,30H,3,8-14H2,1-2H3. The van der Waals surface area contributed by atoms with Crippen LogP contribution in [0, 0.1) is 0 Å². The topological polar surface area (TPSA) is 106 Å². The molecule has 4 aromatic rings. The van der Waals surface area contributed by atoms with E-state index in [-0.39, 0.29) is 25.7 Å². The molecule has 14 heteroatoms. The Labute approximate surface area is 228 Å². The average molecular weight is 558 g/mol. The minimum Gasteiger partial charge on any atom is -0.369 e. The number of aryl methyl sites for hydroxylation is 2. The van der Waals surface area contributed by atoms with Crippen LogP contribution in [0.4, 0.5) is 13.2 Å². The predicted molar refractivity (Wildman–Crippen MR) is 140 cm³/mol. The van der Waals surface area contributed by atoms with Crippen molar-refractivity contribution in [3.8, 4) is 5.95 Å². The van der Waals surface area contributed by atoms with Gasteiger partial charge < -0.3 is 19.5 Å². The number of imidazole rings is 2. The van der Waals surface area contributed by atoms with Crippen LogP contribution in [0.25, 0.3) is 28.1 Å². The van der Waals surface area contributed by atoms with Crippen LogP contribution in [-0.4, -0.2) is 96.8 Å². The van der Waals surface area contributed by atoms with E-state index in [1.54, 1.807) is 0 Å². The number of morpholine rings is 1. The van der Waals surface area contributed by atoms with Crippen LogP contribution in [0.15, 0.2) is 24.3 Å². The molecule has 1 N–H and O–H groups in total. The van der Waals surface area contributed by atoms with Gasteiger partial charge in [-0.2, -0.15) is 4.98 Å². The van der Waals surface area contributed by atoms with Crippen LogP contribution in [0.2, 0.25) is 0 Å². The maximum Gasteiger partial charge on any atom is 0.282 e. The number of nitrogens with zero attached hydrogens (tertiary/aromatic N) is 8. The maximum absolute atomic E-state index is 13.8. The van der Waals surface area contributed by atoms with Gasteiger partial charge in [-0.15, -0.1) is 0 Å². The van der Waals surface area contributed by atoms with Gasteiger partial charge in [-0.05, 0) is 12.1 Å². The van der Waals surface area contributed by atoms with E-state index in [0.717, 1.165) is 28.3 Å². The van der Waals surface area contributed by atoms with Crippen molar-refractivity contribution in [3.63, 3.8) is 0 Å². The van der Waals surface area contributed by atoms with Crippen LogP contribution in [0.5, 0.6) is 0 Å². The van der Waals surface area contributed by atoms with Gasteiger partial charge in [-0.1, -0.05) is 19.1 Å². The number of hydrogen-bond acceptors (Lipinski definition) is 8. The average Bonchev–Trinajstić information content (AvgIpc) is 3.50.